The third-order valence-corrected chi connectivity index (χ3v) is 3.64. The van der Waals surface area contributed by atoms with Crippen LogP contribution >= 0.6 is 0 Å². The molecule has 0 aromatic heterocycles. The predicted molar refractivity (Wildman–Crippen MR) is 88.4 cm³/mol. The van der Waals surface area contributed by atoms with Crippen LogP contribution in [0, 0.1) is 6.92 Å². The van der Waals surface area contributed by atoms with Gasteiger partial charge in [0.15, 0.2) is 11.5 Å². The van der Waals surface area contributed by atoms with Crippen molar-refractivity contribution in [3.05, 3.63) is 59.2 Å². The van der Waals surface area contributed by atoms with Crippen LogP contribution in [0.15, 0.2) is 42.5 Å². The molecule has 0 bridgehead atoms. The number of hydrogen-bond acceptors (Lipinski definition) is 4. The van der Waals surface area contributed by atoms with Crippen molar-refractivity contribution >= 4 is 11.8 Å². The van der Waals surface area contributed by atoms with Crippen LogP contribution in [0.1, 0.15) is 26.3 Å². The quantitative estimate of drug-likeness (QED) is 0.823. The summed E-state index contributed by atoms with van der Waals surface area (Å²) in [4.78, 5) is 24.0. The summed E-state index contributed by atoms with van der Waals surface area (Å²) in [6, 6.07) is 12.3. The smallest absolute Gasteiger partial charge is 0.251 e. The zero-order valence-electron chi connectivity index (χ0n) is 13.3. The summed E-state index contributed by atoms with van der Waals surface area (Å²) in [6.07, 6.45) is 0. The number of nitrogens with one attached hydrogen (secondary N) is 2. The lowest BCUT2D eigenvalue weighted by Gasteiger charge is -2.08. The second kappa shape index (κ2) is 7.04. The first-order valence-corrected chi connectivity index (χ1v) is 7.66. The Bertz CT molecular complexity index is 756. The van der Waals surface area contributed by atoms with Gasteiger partial charge in [-0.3, -0.25) is 9.59 Å². The van der Waals surface area contributed by atoms with Gasteiger partial charge in [0.05, 0.1) is 0 Å². The van der Waals surface area contributed by atoms with Crippen LogP contribution in [0.3, 0.4) is 0 Å². The van der Waals surface area contributed by atoms with Crippen LogP contribution in [0.25, 0.3) is 0 Å². The highest BCUT2D eigenvalue weighted by atomic mass is 16.7. The second-order valence-corrected chi connectivity index (χ2v) is 5.45. The number of aryl methyl sites for hydroxylation is 1. The number of amides is 2. The molecule has 6 heteroatoms. The average Bonchev–Trinajstić information content (AvgIpc) is 3.06. The molecule has 24 heavy (non-hydrogen) atoms. The van der Waals surface area contributed by atoms with E-state index in [2.05, 4.69) is 10.6 Å². The Morgan fingerprint density at radius 1 is 0.875 bits per heavy atom. The number of fused-ring (bicyclic) bond motifs is 1. The molecule has 0 saturated carbocycles. The minimum absolute atomic E-state index is 0.160. The van der Waals surface area contributed by atoms with E-state index in [0.717, 1.165) is 5.56 Å². The standard InChI is InChI=1S/C18H18N2O4/c1-12-2-4-13(5-3-12)17(21)19-8-9-20-18(22)14-6-7-15-16(10-14)24-11-23-15/h2-7,10H,8-9,11H2,1H3,(H,19,21)(H,20,22). The Labute approximate surface area is 139 Å². The summed E-state index contributed by atoms with van der Waals surface area (Å²) < 4.78 is 10.5. The van der Waals surface area contributed by atoms with Crippen LogP contribution in [0.5, 0.6) is 11.5 Å². The van der Waals surface area contributed by atoms with E-state index in [4.69, 9.17) is 9.47 Å². The minimum Gasteiger partial charge on any atom is -0.454 e. The van der Waals surface area contributed by atoms with Gasteiger partial charge in [0, 0.05) is 24.2 Å². The fourth-order valence-electron chi connectivity index (χ4n) is 2.30. The average molecular weight is 326 g/mol. The minimum atomic E-state index is -0.224. The van der Waals surface area contributed by atoms with E-state index < -0.39 is 0 Å². The van der Waals surface area contributed by atoms with Crippen molar-refractivity contribution in [2.75, 3.05) is 19.9 Å². The van der Waals surface area contributed by atoms with Crippen molar-refractivity contribution in [1.29, 1.82) is 0 Å². The Balaban J connectivity index is 1.45. The molecular formula is C18H18N2O4. The molecule has 124 valence electrons. The van der Waals surface area contributed by atoms with Gasteiger partial charge in [0.1, 0.15) is 0 Å². The van der Waals surface area contributed by atoms with Crippen LogP contribution in [-0.4, -0.2) is 31.7 Å². The van der Waals surface area contributed by atoms with Crippen LogP contribution in [-0.2, 0) is 0 Å². The summed E-state index contributed by atoms with van der Waals surface area (Å²) in [7, 11) is 0. The summed E-state index contributed by atoms with van der Waals surface area (Å²) >= 11 is 0. The first-order valence-electron chi connectivity index (χ1n) is 7.66. The van der Waals surface area contributed by atoms with E-state index in [1.54, 1.807) is 30.3 Å². The molecule has 0 fully saturated rings. The molecule has 1 aliphatic rings. The molecule has 1 heterocycles. The number of hydrogen-bond donors (Lipinski definition) is 2. The maximum absolute atomic E-state index is 12.1. The summed E-state index contributed by atoms with van der Waals surface area (Å²) in [5.74, 6) is 0.817. The van der Waals surface area contributed by atoms with E-state index in [1.807, 2.05) is 19.1 Å². The van der Waals surface area contributed by atoms with Crippen LogP contribution in [0.2, 0.25) is 0 Å². The largest absolute Gasteiger partial charge is 0.454 e. The highest BCUT2D eigenvalue weighted by Crippen LogP contribution is 2.32. The lowest BCUT2D eigenvalue weighted by atomic mass is 10.1. The molecule has 0 spiro atoms. The van der Waals surface area contributed by atoms with E-state index in [-0.39, 0.29) is 18.6 Å². The van der Waals surface area contributed by atoms with Gasteiger partial charge in [-0.2, -0.15) is 0 Å². The van der Waals surface area contributed by atoms with Gasteiger partial charge in [0.25, 0.3) is 11.8 Å². The van der Waals surface area contributed by atoms with Crippen molar-refractivity contribution in [2.45, 2.75) is 6.92 Å². The van der Waals surface area contributed by atoms with Crippen molar-refractivity contribution in [3.63, 3.8) is 0 Å². The zero-order valence-corrected chi connectivity index (χ0v) is 13.3. The van der Waals surface area contributed by atoms with Gasteiger partial charge >= 0.3 is 0 Å². The Morgan fingerprint density at radius 3 is 2.17 bits per heavy atom. The van der Waals surface area contributed by atoms with E-state index in [9.17, 15) is 9.59 Å². The molecule has 0 saturated heterocycles. The molecule has 6 nitrogen and oxygen atoms in total. The highest BCUT2D eigenvalue weighted by Gasteiger charge is 2.16. The fraction of sp³-hybridized carbons (Fsp3) is 0.222. The number of carbonyl (C=O) groups excluding carboxylic acids is 2. The first-order chi connectivity index (χ1) is 11.6. The summed E-state index contributed by atoms with van der Waals surface area (Å²) in [6.45, 7) is 2.83. The summed E-state index contributed by atoms with van der Waals surface area (Å²) in [5, 5.41) is 5.52. The van der Waals surface area contributed by atoms with Crippen molar-refractivity contribution in [3.8, 4) is 11.5 Å². The number of benzene rings is 2. The third kappa shape index (κ3) is 3.65. The Morgan fingerprint density at radius 2 is 1.46 bits per heavy atom. The molecule has 0 aliphatic carbocycles. The molecule has 0 atom stereocenters. The molecule has 1 aliphatic heterocycles. The van der Waals surface area contributed by atoms with Gasteiger partial charge in [-0.15, -0.1) is 0 Å². The van der Waals surface area contributed by atoms with E-state index >= 15 is 0 Å². The molecule has 3 rings (SSSR count). The SMILES string of the molecule is Cc1ccc(C(=O)NCCNC(=O)c2ccc3c(c2)OCO3)cc1. The van der Waals surface area contributed by atoms with Crippen LogP contribution in [0.4, 0.5) is 0 Å². The first kappa shape index (κ1) is 15.9. The van der Waals surface area contributed by atoms with Gasteiger partial charge in [-0.05, 0) is 37.3 Å². The third-order valence-electron chi connectivity index (χ3n) is 3.64. The van der Waals surface area contributed by atoms with Crippen molar-refractivity contribution in [2.24, 2.45) is 0 Å². The van der Waals surface area contributed by atoms with Gasteiger partial charge in [-0.1, -0.05) is 17.7 Å². The fourth-order valence-corrected chi connectivity index (χ4v) is 2.30. The topological polar surface area (TPSA) is 76.7 Å². The van der Waals surface area contributed by atoms with E-state index in [1.165, 1.54) is 0 Å². The molecule has 0 unspecified atom stereocenters. The van der Waals surface area contributed by atoms with Crippen molar-refractivity contribution < 1.29 is 19.1 Å². The lowest BCUT2D eigenvalue weighted by molar-refractivity contribution is 0.0927. The maximum Gasteiger partial charge on any atom is 0.251 e. The second-order valence-electron chi connectivity index (χ2n) is 5.45. The molecule has 2 N–H and O–H groups in total. The Kier molecular flexibility index (Phi) is 4.65. The monoisotopic (exact) mass is 326 g/mol. The molecule has 2 aromatic rings. The number of carbonyl (C=O) groups is 2. The van der Waals surface area contributed by atoms with Crippen molar-refractivity contribution in [1.82, 2.24) is 10.6 Å². The Hall–Kier alpha value is -3.02. The maximum atomic E-state index is 12.1. The van der Waals surface area contributed by atoms with E-state index in [0.29, 0.717) is 35.7 Å². The number of rotatable bonds is 5. The molecule has 2 aromatic carbocycles. The highest BCUT2D eigenvalue weighted by molar-refractivity contribution is 5.95. The van der Waals surface area contributed by atoms with Gasteiger partial charge < -0.3 is 20.1 Å². The summed E-state index contributed by atoms with van der Waals surface area (Å²) in [5.41, 5.74) is 2.19. The van der Waals surface area contributed by atoms with Gasteiger partial charge in [-0.25, -0.2) is 0 Å². The number of ether oxygens (including phenoxy) is 2. The lowest BCUT2D eigenvalue weighted by Crippen LogP contribution is -2.34. The predicted octanol–water partition coefficient (Wildman–Crippen LogP) is 1.88. The molecule has 2 amide bonds. The zero-order chi connectivity index (χ0) is 16.9. The van der Waals surface area contributed by atoms with Crippen LogP contribution < -0.4 is 20.1 Å². The molecular weight excluding hydrogens is 308 g/mol. The normalized spacial score (nSPS) is 11.9. The molecule has 0 radical (unpaired) electrons. The van der Waals surface area contributed by atoms with Gasteiger partial charge in [0.2, 0.25) is 6.79 Å².